The van der Waals surface area contributed by atoms with E-state index in [0.29, 0.717) is 6.42 Å². The molecule has 1 unspecified atom stereocenters. The Morgan fingerprint density at radius 3 is 2.32 bits per heavy atom. The first kappa shape index (κ1) is 19.2. The first-order valence-electron chi connectivity index (χ1n) is 8.67. The molecular weight excluding hydrogens is 330 g/mol. The third-order valence-electron chi connectivity index (χ3n) is 3.89. The molecule has 0 spiro atoms. The van der Waals surface area contributed by atoms with Crippen LogP contribution in [0.25, 0.3) is 0 Å². The summed E-state index contributed by atoms with van der Waals surface area (Å²) in [6.45, 7) is 4.06. The van der Waals surface area contributed by atoms with Gasteiger partial charge in [-0.1, -0.05) is 73.9 Å². The Morgan fingerprint density at radius 2 is 1.68 bits per heavy atom. The Balaban J connectivity index is 2.17. The number of unbranched alkanes of at least 4 members (excludes halogenated alkanes) is 2. The van der Waals surface area contributed by atoms with Crippen molar-refractivity contribution in [1.29, 1.82) is 0 Å². The second-order valence-electron chi connectivity index (χ2n) is 6.12. The summed E-state index contributed by atoms with van der Waals surface area (Å²) in [5.41, 5.74) is 1.92. The summed E-state index contributed by atoms with van der Waals surface area (Å²) in [5, 5.41) is 0. The maximum absolute atomic E-state index is 12.6. The Kier molecular flexibility index (Phi) is 7.24. The molecule has 0 bridgehead atoms. The standard InChI is InChI=1S/C21H25NO2S/c1-3-4-6-11-20(15-14-19-9-7-5-8-10-19)22-25(23,24)21-16-12-18(2)13-17-21/h5,7-10,12-13,16-17,20,22H,3-4,6,11H2,1-2H3. The minimum atomic E-state index is -3.57. The molecule has 2 aromatic carbocycles. The average Bonchev–Trinajstić information content (AvgIpc) is 2.61. The van der Waals surface area contributed by atoms with Gasteiger partial charge in [0, 0.05) is 5.56 Å². The summed E-state index contributed by atoms with van der Waals surface area (Å²) < 4.78 is 28.0. The van der Waals surface area contributed by atoms with Crippen LogP contribution in [0.2, 0.25) is 0 Å². The number of rotatable bonds is 7. The summed E-state index contributed by atoms with van der Waals surface area (Å²) in [6.07, 6.45) is 3.80. The van der Waals surface area contributed by atoms with Crippen LogP contribution in [0.15, 0.2) is 59.5 Å². The van der Waals surface area contributed by atoms with Crippen molar-refractivity contribution < 1.29 is 8.42 Å². The lowest BCUT2D eigenvalue weighted by Crippen LogP contribution is -2.33. The van der Waals surface area contributed by atoms with Crippen molar-refractivity contribution in [3.8, 4) is 11.8 Å². The van der Waals surface area contributed by atoms with Gasteiger partial charge in [-0.05, 0) is 37.6 Å². The van der Waals surface area contributed by atoms with Gasteiger partial charge in [-0.15, -0.1) is 0 Å². The normalized spacial score (nSPS) is 12.2. The highest BCUT2D eigenvalue weighted by atomic mass is 32.2. The van der Waals surface area contributed by atoms with Crippen LogP contribution in [0.1, 0.15) is 43.7 Å². The van der Waals surface area contributed by atoms with E-state index in [-0.39, 0.29) is 4.90 Å². The molecule has 132 valence electrons. The summed E-state index contributed by atoms with van der Waals surface area (Å²) in [7, 11) is -3.57. The van der Waals surface area contributed by atoms with Crippen LogP contribution in [0.3, 0.4) is 0 Å². The van der Waals surface area contributed by atoms with E-state index >= 15 is 0 Å². The van der Waals surface area contributed by atoms with Gasteiger partial charge in [-0.3, -0.25) is 0 Å². The highest BCUT2D eigenvalue weighted by molar-refractivity contribution is 7.89. The van der Waals surface area contributed by atoms with Gasteiger partial charge < -0.3 is 0 Å². The molecule has 25 heavy (non-hydrogen) atoms. The molecule has 0 radical (unpaired) electrons. The van der Waals surface area contributed by atoms with Gasteiger partial charge in [-0.25, -0.2) is 8.42 Å². The van der Waals surface area contributed by atoms with Crippen molar-refractivity contribution in [2.75, 3.05) is 0 Å². The quantitative estimate of drug-likeness (QED) is 0.595. The van der Waals surface area contributed by atoms with Crippen LogP contribution in [0.4, 0.5) is 0 Å². The summed E-state index contributed by atoms with van der Waals surface area (Å²) >= 11 is 0. The fourth-order valence-electron chi connectivity index (χ4n) is 2.42. The largest absolute Gasteiger partial charge is 0.241 e. The molecule has 3 nitrogen and oxygen atoms in total. The van der Waals surface area contributed by atoms with E-state index in [9.17, 15) is 8.42 Å². The van der Waals surface area contributed by atoms with Crippen molar-refractivity contribution >= 4 is 10.0 Å². The molecule has 2 aromatic rings. The third-order valence-corrected chi connectivity index (χ3v) is 5.38. The SMILES string of the molecule is CCCCCC(C#Cc1ccccc1)NS(=O)(=O)c1ccc(C)cc1. The fraction of sp³-hybridized carbons (Fsp3) is 0.333. The van der Waals surface area contributed by atoms with Crippen molar-refractivity contribution in [3.63, 3.8) is 0 Å². The smallest absolute Gasteiger partial charge is 0.207 e. The molecule has 0 saturated heterocycles. The van der Waals surface area contributed by atoms with E-state index in [2.05, 4.69) is 23.5 Å². The monoisotopic (exact) mass is 355 g/mol. The first-order chi connectivity index (χ1) is 12.0. The zero-order valence-electron chi connectivity index (χ0n) is 14.8. The second kappa shape index (κ2) is 9.41. The maximum atomic E-state index is 12.6. The van der Waals surface area contributed by atoms with Gasteiger partial charge in [0.15, 0.2) is 0 Å². The van der Waals surface area contributed by atoms with E-state index in [1.165, 1.54) is 0 Å². The molecule has 0 heterocycles. The van der Waals surface area contributed by atoms with Crippen LogP contribution in [0, 0.1) is 18.8 Å². The molecule has 0 fully saturated rings. The van der Waals surface area contributed by atoms with Gasteiger partial charge in [0.2, 0.25) is 10.0 Å². The fourth-order valence-corrected chi connectivity index (χ4v) is 3.61. The molecule has 0 aliphatic carbocycles. The van der Waals surface area contributed by atoms with Crippen LogP contribution in [0.5, 0.6) is 0 Å². The van der Waals surface area contributed by atoms with E-state index < -0.39 is 16.1 Å². The minimum Gasteiger partial charge on any atom is -0.207 e. The molecule has 2 rings (SSSR count). The molecule has 0 aliphatic rings. The Bertz CT molecular complexity index is 816. The van der Waals surface area contributed by atoms with Crippen molar-refractivity contribution in [2.24, 2.45) is 0 Å². The third kappa shape index (κ3) is 6.38. The molecule has 4 heteroatoms. The topological polar surface area (TPSA) is 46.2 Å². The Hall–Kier alpha value is -2.09. The van der Waals surface area contributed by atoms with Crippen LogP contribution < -0.4 is 4.72 Å². The van der Waals surface area contributed by atoms with Crippen LogP contribution >= 0.6 is 0 Å². The number of sulfonamides is 1. The Morgan fingerprint density at radius 1 is 1.00 bits per heavy atom. The highest BCUT2D eigenvalue weighted by Crippen LogP contribution is 2.12. The predicted octanol–water partition coefficient (Wildman–Crippen LogP) is 4.27. The maximum Gasteiger partial charge on any atom is 0.241 e. The number of hydrogen-bond donors (Lipinski definition) is 1. The summed E-state index contributed by atoms with van der Waals surface area (Å²) in [6, 6.07) is 16.1. The second-order valence-corrected chi connectivity index (χ2v) is 7.83. The number of hydrogen-bond acceptors (Lipinski definition) is 2. The van der Waals surface area contributed by atoms with Gasteiger partial charge in [0.25, 0.3) is 0 Å². The summed E-state index contributed by atoms with van der Waals surface area (Å²) in [5.74, 6) is 6.17. The van der Waals surface area contributed by atoms with Crippen LogP contribution in [-0.4, -0.2) is 14.5 Å². The average molecular weight is 356 g/mol. The summed E-state index contributed by atoms with van der Waals surface area (Å²) in [4.78, 5) is 0.278. The van der Waals surface area contributed by atoms with E-state index in [1.54, 1.807) is 24.3 Å². The Labute approximate surface area is 151 Å². The molecule has 1 atom stereocenters. The van der Waals surface area contributed by atoms with Gasteiger partial charge in [0.05, 0.1) is 10.9 Å². The van der Waals surface area contributed by atoms with Gasteiger partial charge in [0.1, 0.15) is 0 Å². The van der Waals surface area contributed by atoms with Crippen molar-refractivity contribution in [3.05, 3.63) is 65.7 Å². The van der Waals surface area contributed by atoms with Gasteiger partial charge >= 0.3 is 0 Å². The zero-order valence-corrected chi connectivity index (χ0v) is 15.6. The van der Waals surface area contributed by atoms with Crippen molar-refractivity contribution in [1.82, 2.24) is 4.72 Å². The predicted molar refractivity (Wildman–Crippen MR) is 103 cm³/mol. The van der Waals surface area contributed by atoms with Crippen LogP contribution in [-0.2, 0) is 10.0 Å². The molecular formula is C21H25NO2S. The number of nitrogens with one attached hydrogen (secondary N) is 1. The van der Waals surface area contributed by atoms with E-state index in [0.717, 1.165) is 30.4 Å². The lowest BCUT2D eigenvalue weighted by molar-refractivity contribution is 0.553. The van der Waals surface area contributed by atoms with Gasteiger partial charge in [-0.2, -0.15) is 4.72 Å². The number of aryl methyl sites for hydroxylation is 1. The molecule has 0 saturated carbocycles. The molecule has 0 aromatic heterocycles. The lowest BCUT2D eigenvalue weighted by atomic mass is 10.1. The van der Waals surface area contributed by atoms with E-state index in [4.69, 9.17) is 0 Å². The van der Waals surface area contributed by atoms with E-state index in [1.807, 2.05) is 37.3 Å². The molecule has 0 amide bonds. The first-order valence-corrected chi connectivity index (χ1v) is 10.1. The molecule has 1 N–H and O–H groups in total. The molecule has 0 aliphatic heterocycles. The number of benzene rings is 2. The zero-order chi connectivity index (χ0) is 18.1. The van der Waals surface area contributed by atoms with Crippen molar-refractivity contribution in [2.45, 2.75) is 50.5 Å². The lowest BCUT2D eigenvalue weighted by Gasteiger charge is -2.14. The minimum absolute atomic E-state index is 0.278. The highest BCUT2D eigenvalue weighted by Gasteiger charge is 2.18.